The summed E-state index contributed by atoms with van der Waals surface area (Å²) in [4.78, 5) is 25.8. The molecule has 2 atom stereocenters. The van der Waals surface area contributed by atoms with E-state index < -0.39 is 0 Å². The monoisotopic (exact) mass is 322 g/mol. The zero-order valence-electron chi connectivity index (χ0n) is 13.9. The van der Waals surface area contributed by atoms with Crippen molar-refractivity contribution in [2.45, 2.75) is 44.9 Å². The fraction of sp³-hybridized carbons (Fsp3) is 0.421. The molecule has 2 aliphatic heterocycles. The van der Waals surface area contributed by atoms with Gasteiger partial charge in [-0.2, -0.15) is 0 Å². The normalized spacial score (nSPS) is 23.7. The summed E-state index contributed by atoms with van der Waals surface area (Å²) in [6.07, 6.45) is 5.38. The van der Waals surface area contributed by atoms with Crippen molar-refractivity contribution in [3.8, 4) is 0 Å². The van der Waals surface area contributed by atoms with E-state index in [1.165, 1.54) is 5.56 Å². The standard InChI is InChI=1S/C19H22N4O/c1-14-4-2-6-16(21-14)13-23-17-7-9-22(18(17)10-19(23)24)12-15-5-3-8-20-11-15/h2-6,8,11,17-18H,7,9-10,12-13H2,1H3/t17-,18-/m0/s1. The van der Waals surface area contributed by atoms with Crippen LogP contribution in [0.25, 0.3) is 0 Å². The molecule has 24 heavy (non-hydrogen) atoms. The Labute approximate surface area is 142 Å². The molecule has 5 nitrogen and oxygen atoms in total. The van der Waals surface area contributed by atoms with Gasteiger partial charge in [0.15, 0.2) is 0 Å². The largest absolute Gasteiger partial charge is 0.332 e. The summed E-state index contributed by atoms with van der Waals surface area (Å²) in [6.45, 7) is 4.53. The van der Waals surface area contributed by atoms with E-state index in [1.54, 1.807) is 6.20 Å². The molecule has 0 bridgehead atoms. The quantitative estimate of drug-likeness (QED) is 0.865. The first-order valence-electron chi connectivity index (χ1n) is 8.55. The lowest BCUT2D eigenvalue weighted by atomic mass is 10.1. The number of likely N-dealkylation sites (tertiary alicyclic amines) is 2. The lowest BCUT2D eigenvalue weighted by Crippen LogP contribution is -2.36. The van der Waals surface area contributed by atoms with Crippen LogP contribution in [0.2, 0.25) is 0 Å². The van der Waals surface area contributed by atoms with Gasteiger partial charge in [0, 0.05) is 49.7 Å². The molecule has 2 saturated heterocycles. The predicted molar refractivity (Wildman–Crippen MR) is 91.0 cm³/mol. The van der Waals surface area contributed by atoms with E-state index in [0.717, 1.165) is 30.9 Å². The first-order valence-corrected chi connectivity index (χ1v) is 8.55. The molecule has 1 amide bonds. The molecule has 0 N–H and O–H groups in total. The molecule has 4 heterocycles. The molecule has 2 aliphatic rings. The van der Waals surface area contributed by atoms with Crippen LogP contribution >= 0.6 is 0 Å². The van der Waals surface area contributed by atoms with Gasteiger partial charge >= 0.3 is 0 Å². The zero-order valence-corrected chi connectivity index (χ0v) is 13.9. The number of hydrogen-bond acceptors (Lipinski definition) is 4. The molecule has 2 aromatic rings. The van der Waals surface area contributed by atoms with Crippen molar-refractivity contribution in [2.75, 3.05) is 6.54 Å². The maximum Gasteiger partial charge on any atom is 0.224 e. The molecule has 2 fully saturated rings. The van der Waals surface area contributed by atoms with Gasteiger partial charge < -0.3 is 4.90 Å². The van der Waals surface area contributed by atoms with E-state index in [9.17, 15) is 4.79 Å². The van der Waals surface area contributed by atoms with E-state index in [4.69, 9.17) is 0 Å². The Hall–Kier alpha value is -2.27. The summed E-state index contributed by atoms with van der Waals surface area (Å²) < 4.78 is 0. The van der Waals surface area contributed by atoms with Gasteiger partial charge in [-0.25, -0.2) is 0 Å². The van der Waals surface area contributed by atoms with Crippen LogP contribution < -0.4 is 0 Å². The molecule has 5 heteroatoms. The third-order valence-electron chi connectivity index (χ3n) is 5.12. The number of hydrogen-bond donors (Lipinski definition) is 0. The topological polar surface area (TPSA) is 49.3 Å². The van der Waals surface area contributed by atoms with Crippen LogP contribution in [-0.4, -0.2) is 44.3 Å². The van der Waals surface area contributed by atoms with E-state index in [0.29, 0.717) is 25.0 Å². The van der Waals surface area contributed by atoms with E-state index in [2.05, 4.69) is 20.9 Å². The molecule has 2 aromatic heterocycles. The third kappa shape index (κ3) is 2.91. The number of carbonyl (C=O) groups is 1. The second-order valence-electron chi connectivity index (χ2n) is 6.75. The highest BCUT2D eigenvalue weighted by atomic mass is 16.2. The van der Waals surface area contributed by atoms with E-state index in [1.807, 2.05) is 42.3 Å². The SMILES string of the molecule is Cc1cccc(CN2C(=O)C[C@H]3[C@@H]2CCN3Cc2cccnc2)n1. The Morgan fingerprint density at radius 3 is 2.88 bits per heavy atom. The lowest BCUT2D eigenvalue weighted by molar-refractivity contribution is -0.129. The van der Waals surface area contributed by atoms with Crippen molar-refractivity contribution in [1.29, 1.82) is 0 Å². The Morgan fingerprint density at radius 2 is 2.08 bits per heavy atom. The van der Waals surface area contributed by atoms with Crippen molar-refractivity contribution in [3.63, 3.8) is 0 Å². The molecular formula is C19H22N4O. The molecule has 0 unspecified atom stereocenters. The number of aromatic nitrogens is 2. The van der Waals surface area contributed by atoms with Crippen LogP contribution in [0.1, 0.15) is 29.8 Å². The Kier molecular flexibility index (Phi) is 4.02. The average Bonchev–Trinajstić information content (AvgIpc) is 3.09. The van der Waals surface area contributed by atoms with Gasteiger partial charge in [-0.1, -0.05) is 12.1 Å². The first kappa shape index (κ1) is 15.3. The van der Waals surface area contributed by atoms with Gasteiger partial charge in [-0.05, 0) is 37.1 Å². The maximum atomic E-state index is 12.5. The molecular weight excluding hydrogens is 300 g/mol. The number of rotatable bonds is 4. The summed E-state index contributed by atoms with van der Waals surface area (Å²) in [5, 5.41) is 0. The molecule has 0 aromatic carbocycles. The van der Waals surface area contributed by atoms with Gasteiger partial charge in [-0.3, -0.25) is 19.7 Å². The van der Waals surface area contributed by atoms with Gasteiger partial charge in [0.05, 0.1) is 12.2 Å². The average molecular weight is 322 g/mol. The molecule has 4 rings (SSSR count). The van der Waals surface area contributed by atoms with Crippen molar-refractivity contribution in [1.82, 2.24) is 19.8 Å². The lowest BCUT2D eigenvalue weighted by Gasteiger charge is -2.25. The highest BCUT2D eigenvalue weighted by Gasteiger charge is 2.46. The van der Waals surface area contributed by atoms with Crippen molar-refractivity contribution in [2.24, 2.45) is 0 Å². The molecule has 0 spiro atoms. The smallest absolute Gasteiger partial charge is 0.224 e. The van der Waals surface area contributed by atoms with Crippen LogP contribution in [0.5, 0.6) is 0 Å². The highest BCUT2D eigenvalue weighted by molar-refractivity contribution is 5.80. The van der Waals surface area contributed by atoms with Gasteiger partial charge in [0.1, 0.15) is 0 Å². The minimum Gasteiger partial charge on any atom is -0.332 e. The Bertz CT molecular complexity index is 733. The summed E-state index contributed by atoms with van der Waals surface area (Å²) in [5.74, 6) is 0.254. The van der Waals surface area contributed by atoms with E-state index >= 15 is 0 Å². The number of nitrogens with zero attached hydrogens (tertiary/aromatic N) is 4. The number of aryl methyl sites for hydroxylation is 1. The minimum atomic E-state index is 0.254. The predicted octanol–water partition coefficient (Wildman–Crippen LogP) is 2.16. The molecule has 0 radical (unpaired) electrons. The van der Waals surface area contributed by atoms with Crippen molar-refractivity contribution < 1.29 is 4.79 Å². The maximum absolute atomic E-state index is 12.5. The third-order valence-corrected chi connectivity index (χ3v) is 5.12. The number of pyridine rings is 2. The minimum absolute atomic E-state index is 0.254. The molecule has 0 saturated carbocycles. The summed E-state index contributed by atoms with van der Waals surface area (Å²) in [7, 11) is 0. The Balaban J connectivity index is 1.47. The number of fused-ring (bicyclic) bond motifs is 1. The highest BCUT2D eigenvalue weighted by Crippen LogP contribution is 2.34. The molecule has 0 aliphatic carbocycles. The van der Waals surface area contributed by atoms with Crippen LogP contribution in [0.15, 0.2) is 42.7 Å². The van der Waals surface area contributed by atoms with Gasteiger partial charge in [0.25, 0.3) is 0 Å². The molecule has 124 valence electrons. The van der Waals surface area contributed by atoms with Crippen LogP contribution in [-0.2, 0) is 17.9 Å². The van der Waals surface area contributed by atoms with Gasteiger partial charge in [0.2, 0.25) is 5.91 Å². The van der Waals surface area contributed by atoms with Crippen LogP contribution in [0.4, 0.5) is 0 Å². The van der Waals surface area contributed by atoms with Crippen molar-refractivity contribution in [3.05, 3.63) is 59.7 Å². The van der Waals surface area contributed by atoms with Crippen molar-refractivity contribution >= 4 is 5.91 Å². The second kappa shape index (κ2) is 6.32. The van der Waals surface area contributed by atoms with Crippen LogP contribution in [0, 0.1) is 6.92 Å². The van der Waals surface area contributed by atoms with Gasteiger partial charge in [-0.15, -0.1) is 0 Å². The zero-order chi connectivity index (χ0) is 16.5. The first-order chi connectivity index (χ1) is 11.7. The fourth-order valence-electron chi connectivity index (χ4n) is 4.00. The summed E-state index contributed by atoms with van der Waals surface area (Å²) in [5.41, 5.74) is 3.19. The number of amides is 1. The Morgan fingerprint density at radius 1 is 1.17 bits per heavy atom. The second-order valence-corrected chi connectivity index (χ2v) is 6.75. The van der Waals surface area contributed by atoms with Crippen LogP contribution in [0.3, 0.4) is 0 Å². The summed E-state index contributed by atoms with van der Waals surface area (Å²) in [6, 6.07) is 10.7. The fourth-order valence-corrected chi connectivity index (χ4v) is 4.00. The van der Waals surface area contributed by atoms with E-state index in [-0.39, 0.29) is 5.91 Å². The summed E-state index contributed by atoms with van der Waals surface area (Å²) >= 11 is 0. The number of carbonyl (C=O) groups excluding carboxylic acids is 1.